The monoisotopic (exact) mass is 394 g/mol. The van der Waals surface area contributed by atoms with Crippen molar-refractivity contribution in [3.63, 3.8) is 0 Å². The zero-order valence-electron chi connectivity index (χ0n) is 16.6. The van der Waals surface area contributed by atoms with Crippen LogP contribution in [-0.4, -0.2) is 27.8 Å². The van der Waals surface area contributed by atoms with Crippen LogP contribution in [0.5, 0.6) is 5.75 Å². The maximum Gasteiger partial charge on any atom is 0.336 e. The van der Waals surface area contributed by atoms with Crippen molar-refractivity contribution in [1.82, 2.24) is 0 Å². The van der Waals surface area contributed by atoms with Gasteiger partial charge in [-0.2, -0.15) is 0 Å². The van der Waals surface area contributed by atoms with E-state index in [1.165, 1.54) is 11.1 Å². The van der Waals surface area contributed by atoms with E-state index < -0.39 is 17.5 Å². The molecule has 152 valence electrons. The Hall–Kier alpha value is -2.58. The third kappa shape index (κ3) is 3.16. The Morgan fingerprint density at radius 1 is 1.24 bits per heavy atom. The predicted molar refractivity (Wildman–Crippen MR) is 107 cm³/mol. The minimum atomic E-state index is -1.19. The number of esters is 1. The number of benzene rings is 1. The van der Waals surface area contributed by atoms with Crippen molar-refractivity contribution < 1.29 is 24.5 Å². The number of carbonyl (C=O) groups is 2. The Morgan fingerprint density at radius 2 is 2.03 bits per heavy atom. The molecule has 2 saturated carbocycles. The molecule has 0 aromatic heterocycles. The fourth-order valence-electron chi connectivity index (χ4n) is 6.16. The highest BCUT2D eigenvalue weighted by Gasteiger charge is 2.61. The Balaban J connectivity index is 1.55. The molecule has 2 N–H and O–H groups in total. The maximum atomic E-state index is 11.8. The molecule has 5 heteroatoms. The number of carbonyl (C=O) groups excluding carboxylic acids is 1. The van der Waals surface area contributed by atoms with E-state index >= 15 is 0 Å². The van der Waals surface area contributed by atoms with Gasteiger partial charge in [-0.25, -0.2) is 9.59 Å². The van der Waals surface area contributed by atoms with E-state index in [0.29, 0.717) is 29.9 Å². The number of terminal acetylenes is 1. The van der Waals surface area contributed by atoms with E-state index in [-0.39, 0.29) is 5.41 Å². The molecule has 5 nitrogen and oxygen atoms in total. The van der Waals surface area contributed by atoms with Gasteiger partial charge in [0.05, 0.1) is 0 Å². The Bertz CT molecular complexity index is 926. The average molecular weight is 394 g/mol. The standard InChI is InChI=1S/C24H26O5/c1-3-24(28)13-11-20-19-6-4-15-14-16(29-22(27)9-8-21(25)26)5-7-17(15)18(19)10-12-23(20,24)2/h1,5,7-9,14,18-20,28H,4,6,10-13H2,2H3,(H,25,26)/t18?,19?,20?,23-,24-/m0/s1. The van der Waals surface area contributed by atoms with Gasteiger partial charge < -0.3 is 14.9 Å². The van der Waals surface area contributed by atoms with Crippen molar-refractivity contribution >= 4 is 11.9 Å². The van der Waals surface area contributed by atoms with Gasteiger partial charge in [0, 0.05) is 17.6 Å². The molecule has 0 amide bonds. The molecule has 29 heavy (non-hydrogen) atoms. The van der Waals surface area contributed by atoms with Gasteiger partial charge in [0.2, 0.25) is 0 Å². The second-order valence-electron chi connectivity index (χ2n) is 8.87. The van der Waals surface area contributed by atoms with Gasteiger partial charge in [0.15, 0.2) is 0 Å². The molecule has 0 radical (unpaired) electrons. The molecule has 4 rings (SSSR count). The number of fused-ring (bicyclic) bond motifs is 5. The van der Waals surface area contributed by atoms with E-state index in [1.807, 2.05) is 12.1 Å². The molecule has 0 spiro atoms. The molecule has 0 aliphatic heterocycles. The lowest BCUT2D eigenvalue weighted by Crippen LogP contribution is -2.50. The van der Waals surface area contributed by atoms with Crippen molar-refractivity contribution in [2.45, 2.75) is 57.0 Å². The fraction of sp³-hybridized carbons (Fsp3) is 0.500. The summed E-state index contributed by atoms with van der Waals surface area (Å²) in [5.74, 6) is 2.62. The number of hydrogen-bond acceptors (Lipinski definition) is 4. The van der Waals surface area contributed by atoms with E-state index in [4.69, 9.17) is 16.3 Å². The minimum Gasteiger partial charge on any atom is -0.478 e. The van der Waals surface area contributed by atoms with Crippen LogP contribution < -0.4 is 4.74 Å². The first-order valence-corrected chi connectivity index (χ1v) is 10.2. The summed E-state index contributed by atoms with van der Waals surface area (Å²) in [6, 6.07) is 5.73. The number of carboxylic acid groups (broad SMARTS) is 1. The lowest BCUT2D eigenvalue weighted by Gasteiger charge is -2.52. The normalized spacial score (nSPS) is 35.3. The molecule has 3 unspecified atom stereocenters. The van der Waals surface area contributed by atoms with Gasteiger partial charge in [-0.1, -0.05) is 18.9 Å². The molecule has 0 saturated heterocycles. The Kier molecular flexibility index (Phi) is 4.78. The first-order valence-electron chi connectivity index (χ1n) is 10.2. The van der Waals surface area contributed by atoms with Crippen LogP contribution in [0.25, 0.3) is 0 Å². The van der Waals surface area contributed by atoms with Crippen LogP contribution in [0.15, 0.2) is 30.4 Å². The van der Waals surface area contributed by atoms with E-state index in [9.17, 15) is 14.7 Å². The molecule has 1 aromatic carbocycles. The van der Waals surface area contributed by atoms with Gasteiger partial charge in [-0.05, 0) is 79.5 Å². The number of aliphatic carboxylic acids is 1. The molecule has 0 bridgehead atoms. The maximum absolute atomic E-state index is 11.8. The average Bonchev–Trinajstić information content (AvgIpc) is 2.97. The van der Waals surface area contributed by atoms with Crippen molar-refractivity contribution in [3.05, 3.63) is 41.5 Å². The molecular weight excluding hydrogens is 368 g/mol. The van der Waals surface area contributed by atoms with Crippen LogP contribution in [0.4, 0.5) is 0 Å². The van der Waals surface area contributed by atoms with Crippen LogP contribution in [-0.2, 0) is 16.0 Å². The summed E-state index contributed by atoms with van der Waals surface area (Å²) < 4.78 is 5.25. The first-order chi connectivity index (χ1) is 13.8. The van der Waals surface area contributed by atoms with E-state index in [1.54, 1.807) is 6.07 Å². The van der Waals surface area contributed by atoms with E-state index in [0.717, 1.165) is 44.3 Å². The Labute approximate surface area is 170 Å². The highest BCUT2D eigenvalue weighted by molar-refractivity contribution is 5.91. The van der Waals surface area contributed by atoms with E-state index in [2.05, 4.69) is 12.8 Å². The third-order valence-electron chi connectivity index (χ3n) is 7.67. The number of aryl methyl sites for hydroxylation is 1. The van der Waals surface area contributed by atoms with Crippen LogP contribution >= 0.6 is 0 Å². The van der Waals surface area contributed by atoms with Crippen LogP contribution in [0.2, 0.25) is 0 Å². The first kappa shape index (κ1) is 19.7. The SMILES string of the molecule is C#C[C@]1(O)CCC2C3CCc4cc(OC(=O)C=CC(=O)O)ccc4C3CC[C@@]21C. The fourth-order valence-corrected chi connectivity index (χ4v) is 6.16. The van der Waals surface area contributed by atoms with Gasteiger partial charge in [-0.3, -0.25) is 0 Å². The quantitative estimate of drug-likeness (QED) is 0.355. The summed E-state index contributed by atoms with van der Waals surface area (Å²) in [7, 11) is 0. The molecule has 5 atom stereocenters. The third-order valence-corrected chi connectivity index (χ3v) is 7.67. The summed E-state index contributed by atoms with van der Waals surface area (Å²) in [5, 5.41) is 19.6. The lowest BCUT2D eigenvalue weighted by molar-refractivity contribution is -0.133. The number of rotatable bonds is 3. The molecule has 3 aliphatic rings. The predicted octanol–water partition coefficient (Wildman–Crippen LogP) is 3.45. The number of ether oxygens (including phenoxy) is 1. The molecule has 3 aliphatic carbocycles. The van der Waals surface area contributed by atoms with Crippen LogP contribution in [0, 0.1) is 29.6 Å². The summed E-state index contributed by atoms with van der Waals surface area (Å²) >= 11 is 0. The van der Waals surface area contributed by atoms with Crippen molar-refractivity contribution in [2.24, 2.45) is 17.3 Å². The van der Waals surface area contributed by atoms with Gasteiger partial charge in [0.25, 0.3) is 0 Å². The summed E-state index contributed by atoms with van der Waals surface area (Å²) in [6.45, 7) is 2.17. The second kappa shape index (κ2) is 7.03. The van der Waals surface area contributed by atoms with Crippen molar-refractivity contribution in [1.29, 1.82) is 0 Å². The lowest BCUT2D eigenvalue weighted by atomic mass is 9.53. The zero-order valence-corrected chi connectivity index (χ0v) is 16.6. The van der Waals surface area contributed by atoms with Gasteiger partial charge in [0.1, 0.15) is 11.4 Å². The summed E-state index contributed by atoms with van der Waals surface area (Å²) in [6.07, 6.45) is 12.9. The summed E-state index contributed by atoms with van der Waals surface area (Å²) in [5.41, 5.74) is 1.28. The van der Waals surface area contributed by atoms with Crippen LogP contribution in [0.3, 0.4) is 0 Å². The van der Waals surface area contributed by atoms with Crippen molar-refractivity contribution in [3.8, 4) is 18.1 Å². The van der Waals surface area contributed by atoms with Crippen molar-refractivity contribution in [2.75, 3.05) is 0 Å². The largest absolute Gasteiger partial charge is 0.478 e. The molecular formula is C24H26O5. The van der Waals surface area contributed by atoms with Gasteiger partial charge in [-0.15, -0.1) is 6.42 Å². The van der Waals surface area contributed by atoms with Crippen LogP contribution in [0.1, 0.15) is 56.1 Å². The Morgan fingerprint density at radius 3 is 2.76 bits per heavy atom. The zero-order chi connectivity index (χ0) is 20.8. The minimum absolute atomic E-state index is 0.216. The highest BCUT2D eigenvalue weighted by atomic mass is 16.5. The van der Waals surface area contributed by atoms with Gasteiger partial charge >= 0.3 is 11.9 Å². The molecule has 1 aromatic rings. The molecule has 2 fully saturated rings. The number of hydrogen-bond donors (Lipinski definition) is 2. The topological polar surface area (TPSA) is 83.8 Å². The second-order valence-corrected chi connectivity index (χ2v) is 8.87. The number of carboxylic acids is 1. The highest BCUT2D eigenvalue weighted by Crippen LogP contribution is 2.64. The summed E-state index contributed by atoms with van der Waals surface area (Å²) in [4.78, 5) is 22.3. The number of aliphatic hydroxyl groups is 1. The smallest absolute Gasteiger partial charge is 0.336 e. The molecule has 0 heterocycles.